The average Bonchev–Trinajstić information content (AvgIpc) is 1.96. The van der Waals surface area contributed by atoms with E-state index < -0.39 is 18.9 Å². The summed E-state index contributed by atoms with van der Waals surface area (Å²) in [6.07, 6.45) is -4.99. The third-order valence-corrected chi connectivity index (χ3v) is 1.10. The van der Waals surface area contributed by atoms with Crippen molar-refractivity contribution in [3.8, 4) is 0 Å². The number of hydrogen-bond acceptors (Lipinski definition) is 3. The molecule has 0 aromatic carbocycles. The molecule has 2 N–H and O–H groups in total. The molecule has 0 aromatic heterocycles. The molecule has 0 bridgehead atoms. The Labute approximate surface area is 68.6 Å². The number of nitrogens with two attached hydrogens (primary N) is 1. The summed E-state index contributed by atoms with van der Waals surface area (Å²) in [7, 11) is 1.37. The minimum Gasteiger partial charge on any atom is -0.382 e. The predicted octanol–water partition coefficient (Wildman–Crippen LogP) is 0.539. The minimum atomic E-state index is -4.30. The van der Waals surface area contributed by atoms with Crippen molar-refractivity contribution in [1.82, 2.24) is 0 Å². The molecule has 0 saturated heterocycles. The van der Waals surface area contributed by atoms with Gasteiger partial charge in [0, 0.05) is 13.7 Å². The Kier molecular flexibility index (Phi) is 5.19. The topological polar surface area (TPSA) is 44.5 Å². The largest absolute Gasteiger partial charge is 0.411 e. The third-order valence-electron chi connectivity index (χ3n) is 1.10. The van der Waals surface area contributed by atoms with Gasteiger partial charge in [-0.1, -0.05) is 0 Å². The Morgan fingerprint density at radius 2 is 2.00 bits per heavy atom. The van der Waals surface area contributed by atoms with Crippen LogP contribution in [0, 0.1) is 0 Å². The Bertz CT molecular complexity index is 118. The van der Waals surface area contributed by atoms with E-state index >= 15 is 0 Å². The van der Waals surface area contributed by atoms with Gasteiger partial charge in [-0.25, -0.2) is 0 Å². The van der Waals surface area contributed by atoms with Crippen LogP contribution < -0.4 is 5.73 Å². The van der Waals surface area contributed by atoms with Crippen LogP contribution in [-0.2, 0) is 9.47 Å². The third kappa shape index (κ3) is 6.38. The van der Waals surface area contributed by atoms with E-state index in [1.807, 2.05) is 0 Å². The van der Waals surface area contributed by atoms with Crippen LogP contribution in [0.1, 0.15) is 0 Å². The zero-order valence-corrected chi connectivity index (χ0v) is 6.73. The van der Waals surface area contributed by atoms with Crippen molar-refractivity contribution in [3.05, 3.63) is 0 Å². The molecular formula is C6H12F3NO2. The van der Waals surface area contributed by atoms with Crippen molar-refractivity contribution in [2.24, 2.45) is 5.73 Å². The molecule has 74 valence electrons. The normalized spacial score (nSPS) is 14.8. The molecule has 1 unspecified atom stereocenters. The van der Waals surface area contributed by atoms with Crippen LogP contribution in [0.3, 0.4) is 0 Å². The van der Waals surface area contributed by atoms with E-state index in [0.29, 0.717) is 0 Å². The molecule has 0 rings (SSSR count). The van der Waals surface area contributed by atoms with Crippen LogP contribution in [0.5, 0.6) is 0 Å². The second-order valence-electron chi connectivity index (χ2n) is 2.24. The van der Waals surface area contributed by atoms with E-state index in [2.05, 4.69) is 9.47 Å². The molecule has 0 heterocycles. The van der Waals surface area contributed by atoms with E-state index in [9.17, 15) is 13.2 Å². The summed E-state index contributed by atoms with van der Waals surface area (Å²) in [6, 6.07) is 0. The first-order chi connectivity index (χ1) is 5.49. The van der Waals surface area contributed by atoms with Crippen LogP contribution in [0.25, 0.3) is 0 Å². The molecule has 0 aromatic rings. The van der Waals surface area contributed by atoms with Crippen molar-refractivity contribution in [2.45, 2.75) is 12.3 Å². The average molecular weight is 187 g/mol. The molecule has 0 aliphatic carbocycles. The van der Waals surface area contributed by atoms with Crippen LogP contribution in [0.4, 0.5) is 13.2 Å². The fourth-order valence-electron chi connectivity index (χ4n) is 0.582. The molecule has 6 heteroatoms. The highest BCUT2D eigenvalue weighted by molar-refractivity contribution is 4.58. The molecule has 0 saturated carbocycles. The highest BCUT2D eigenvalue weighted by Gasteiger charge is 2.28. The molecule has 0 fully saturated rings. The van der Waals surface area contributed by atoms with E-state index in [4.69, 9.17) is 5.73 Å². The predicted molar refractivity (Wildman–Crippen MR) is 36.7 cm³/mol. The van der Waals surface area contributed by atoms with Crippen molar-refractivity contribution >= 4 is 0 Å². The van der Waals surface area contributed by atoms with Gasteiger partial charge >= 0.3 is 6.18 Å². The molecule has 0 aliphatic heterocycles. The maximum absolute atomic E-state index is 11.6. The summed E-state index contributed by atoms with van der Waals surface area (Å²) in [5.74, 6) is 0. The van der Waals surface area contributed by atoms with E-state index in [0.717, 1.165) is 0 Å². The van der Waals surface area contributed by atoms with Crippen molar-refractivity contribution < 1.29 is 22.6 Å². The number of alkyl halides is 3. The maximum atomic E-state index is 11.6. The van der Waals surface area contributed by atoms with Crippen molar-refractivity contribution in [2.75, 3.05) is 26.9 Å². The highest BCUT2D eigenvalue weighted by atomic mass is 19.4. The van der Waals surface area contributed by atoms with E-state index in [1.54, 1.807) is 0 Å². The fraction of sp³-hybridized carbons (Fsp3) is 1.00. The zero-order valence-electron chi connectivity index (χ0n) is 6.73. The van der Waals surface area contributed by atoms with Gasteiger partial charge in [-0.3, -0.25) is 0 Å². The molecule has 3 nitrogen and oxygen atoms in total. The molecule has 0 radical (unpaired) electrons. The summed E-state index contributed by atoms with van der Waals surface area (Å²) in [5.41, 5.74) is 5.12. The molecular weight excluding hydrogens is 175 g/mol. The Morgan fingerprint density at radius 3 is 2.33 bits per heavy atom. The van der Waals surface area contributed by atoms with Gasteiger partial charge in [0.2, 0.25) is 0 Å². The maximum Gasteiger partial charge on any atom is 0.411 e. The lowest BCUT2D eigenvalue weighted by atomic mass is 10.4. The Hall–Kier alpha value is -0.330. The molecule has 0 aliphatic rings. The van der Waals surface area contributed by atoms with Gasteiger partial charge in [-0.2, -0.15) is 13.2 Å². The molecule has 0 amide bonds. The summed E-state index contributed by atoms with van der Waals surface area (Å²) < 4.78 is 43.8. The number of methoxy groups -OCH3 is 1. The Balaban J connectivity index is 3.58. The van der Waals surface area contributed by atoms with Crippen LogP contribution in [0.2, 0.25) is 0 Å². The molecule has 12 heavy (non-hydrogen) atoms. The highest BCUT2D eigenvalue weighted by Crippen LogP contribution is 2.15. The van der Waals surface area contributed by atoms with E-state index in [1.165, 1.54) is 7.11 Å². The fourth-order valence-corrected chi connectivity index (χ4v) is 0.582. The first-order valence-electron chi connectivity index (χ1n) is 3.37. The van der Waals surface area contributed by atoms with Crippen LogP contribution in [-0.4, -0.2) is 39.1 Å². The second kappa shape index (κ2) is 5.34. The van der Waals surface area contributed by atoms with Crippen LogP contribution >= 0.6 is 0 Å². The summed E-state index contributed by atoms with van der Waals surface area (Å²) >= 11 is 0. The van der Waals surface area contributed by atoms with Crippen molar-refractivity contribution in [1.29, 1.82) is 0 Å². The second-order valence-corrected chi connectivity index (χ2v) is 2.24. The van der Waals surface area contributed by atoms with Gasteiger partial charge in [0.1, 0.15) is 6.61 Å². The zero-order chi connectivity index (χ0) is 9.61. The smallest absolute Gasteiger partial charge is 0.382 e. The number of ether oxygens (including phenoxy) is 2. The lowest BCUT2D eigenvalue weighted by molar-refractivity contribution is -0.188. The number of hydrogen-bond donors (Lipinski definition) is 1. The summed E-state index contributed by atoms with van der Waals surface area (Å²) in [4.78, 5) is 0. The summed E-state index contributed by atoms with van der Waals surface area (Å²) in [5, 5.41) is 0. The quantitative estimate of drug-likeness (QED) is 0.683. The Morgan fingerprint density at radius 1 is 1.42 bits per heavy atom. The standard InChI is InChI=1S/C6H12F3NO2/c1-11-3-5(2-10)12-4-6(7,8)9/h5H,2-4,10H2,1H3. The number of halogens is 3. The minimum absolute atomic E-state index is 0.0178. The van der Waals surface area contributed by atoms with Crippen molar-refractivity contribution in [3.63, 3.8) is 0 Å². The monoisotopic (exact) mass is 187 g/mol. The van der Waals surface area contributed by atoms with Gasteiger partial charge in [0.25, 0.3) is 0 Å². The van der Waals surface area contributed by atoms with Gasteiger partial charge in [0.05, 0.1) is 12.7 Å². The van der Waals surface area contributed by atoms with Gasteiger partial charge in [-0.15, -0.1) is 0 Å². The summed E-state index contributed by atoms with van der Waals surface area (Å²) in [6.45, 7) is -1.19. The molecule has 1 atom stereocenters. The first kappa shape index (κ1) is 11.7. The lowest BCUT2D eigenvalue weighted by Crippen LogP contribution is -2.32. The van der Waals surface area contributed by atoms with Gasteiger partial charge in [-0.05, 0) is 0 Å². The first-order valence-corrected chi connectivity index (χ1v) is 3.37. The SMILES string of the molecule is COCC(CN)OCC(F)(F)F. The van der Waals surface area contributed by atoms with Gasteiger partial charge in [0.15, 0.2) is 0 Å². The lowest BCUT2D eigenvalue weighted by Gasteiger charge is -2.15. The number of rotatable bonds is 5. The van der Waals surface area contributed by atoms with Crippen LogP contribution in [0.15, 0.2) is 0 Å². The van der Waals surface area contributed by atoms with Gasteiger partial charge < -0.3 is 15.2 Å². The van der Waals surface area contributed by atoms with E-state index in [-0.39, 0.29) is 13.2 Å². The molecule has 0 spiro atoms.